The summed E-state index contributed by atoms with van der Waals surface area (Å²) < 4.78 is 40.7. The lowest BCUT2D eigenvalue weighted by atomic mass is 10.0. The van der Waals surface area contributed by atoms with Crippen LogP contribution in [0.2, 0.25) is 0 Å². The number of hydrogen-bond acceptors (Lipinski definition) is 3. The molecule has 0 aliphatic carbocycles. The van der Waals surface area contributed by atoms with Gasteiger partial charge in [0.25, 0.3) is 15.9 Å². The second kappa shape index (κ2) is 8.67. The van der Waals surface area contributed by atoms with Crippen molar-refractivity contribution in [2.24, 2.45) is 0 Å². The zero-order chi connectivity index (χ0) is 21.9. The van der Waals surface area contributed by atoms with Crippen LogP contribution in [0.25, 0.3) is 0 Å². The van der Waals surface area contributed by atoms with Crippen molar-refractivity contribution in [1.29, 1.82) is 0 Å². The summed E-state index contributed by atoms with van der Waals surface area (Å²) in [5, 5.41) is 2.90. The maximum atomic E-state index is 13.0. The number of benzene rings is 3. The first-order chi connectivity index (χ1) is 14.2. The molecule has 3 rings (SSSR count). The molecule has 1 unspecified atom stereocenters. The van der Waals surface area contributed by atoms with Crippen LogP contribution in [-0.2, 0) is 10.0 Å². The van der Waals surface area contributed by atoms with E-state index in [-0.39, 0.29) is 28.1 Å². The highest BCUT2D eigenvalue weighted by Gasteiger charge is 2.18. The van der Waals surface area contributed by atoms with Crippen molar-refractivity contribution >= 4 is 21.6 Å². The normalized spacial score (nSPS) is 12.3. The summed E-state index contributed by atoms with van der Waals surface area (Å²) >= 11 is 0. The zero-order valence-corrected chi connectivity index (χ0v) is 17.8. The standard InChI is InChI=1S/C23H23FN2O3S/c1-15-7-8-18(13-16(15)2)17(3)25-23(27)19-5-4-6-22(14-19)30(28,29)26-21-11-9-20(24)10-12-21/h4-14,17,26H,1-3H3,(H,25,27). The van der Waals surface area contributed by atoms with Gasteiger partial charge in [-0.2, -0.15) is 0 Å². The van der Waals surface area contributed by atoms with E-state index in [0.29, 0.717) is 0 Å². The number of hydrogen-bond donors (Lipinski definition) is 2. The summed E-state index contributed by atoms with van der Waals surface area (Å²) in [6.07, 6.45) is 0. The second-order valence-corrected chi connectivity index (χ2v) is 8.86. The van der Waals surface area contributed by atoms with Gasteiger partial charge in [0, 0.05) is 11.3 Å². The van der Waals surface area contributed by atoms with Gasteiger partial charge in [-0.1, -0.05) is 24.3 Å². The molecule has 7 heteroatoms. The molecule has 156 valence electrons. The first-order valence-electron chi connectivity index (χ1n) is 9.42. The summed E-state index contributed by atoms with van der Waals surface area (Å²) in [5.41, 5.74) is 3.73. The van der Waals surface area contributed by atoms with Gasteiger partial charge in [0.1, 0.15) is 5.82 Å². The molecule has 0 saturated carbocycles. The fraction of sp³-hybridized carbons (Fsp3) is 0.174. The van der Waals surface area contributed by atoms with Crippen molar-refractivity contribution in [2.45, 2.75) is 31.7 Å². The maximum absolute atomic E-state index is 13.0. The highest BCUT2D eigenvalue weighted by Crippen LogP contribution is 2.20. The van der Waals surface area contributed by atoms with Gasteiger partial charge in [0.05, 0.1) is 10.9 Å². The lowest BCUT2D eigenvalue weighted by Crippen LogP contribution is -2.27. The molecule has 3 aromatic rings. The van der Waals surface area contributed by atoms with Gasteiger partial charge in [-0.25, -0.2) is 12.8 Å². The van der Waals surface area contributed by atoms with Crippen molar-refractivity contribution < 1.29 is 17.6 Å². The number of carbonyl (C=O) groups excluding carboxylic acids is 1. The van der Waals surface area contributed by atoms with E-state index in [1.165, 1.54) is 35.9 Å². The topological polar surface area (TPSA) is 75.3 Å². The van der Waals surface area contributed by atoms with Gasteiger partial charge in [0.2, 0.25) is 0 Å². The van der Waals surface area contributed by atoms with Crippen LogP contribution in [0.3, 0.4) is 0 Å². The Kier molecular flexibility index (Phi) is 6.22. The smallest absolute Gasteiger partial charge is 0.261 e. The quantitative estimate of drug-likeness (QED) is 0.598. The molecule has 0 saturated heterocycles. The monoisotopic (exact) mass is 426 g/mol. The molecule has 0 heterocycles. The average molecular weight is 427 g/mol. The molecule has 0 aliphatic rings. The molecule has 0 bridgehead atoms. The molecule has 0 aliphatic heterocycles. The van der Waals surface area contributed by atoms with Gasteiger partial charge >= 0.3 is 0 Å². The Labute approximate surface area is 176 Å². The minimum absolute atomic E-state index is 0.0571. The first-order valence-corrected chi connectivity index (χ1v) is 10.9. The number of sulfonamides is 1. The maximum Gasteiger partial charge on any atom is 0.261 e. The molecule has 1 atom stereocenters. The SMILES string of the molecule is Cc1ccc(C(C)NC(=O)c2cccc(S(=O)(=O)Nc3ccc(F)cc3)c2)cc1C. The van der Waals surface area contributed by atoms with Crippen LogP contribution in [-0.4, -0.2) is 14.3 Å². The van der Waals surface area contributed by atoms with Crippen molar-refractivity contribution in [3.63, 3.8) is 0 Å². The van der Waals surface area contributed by atoms with Crippen molar-refractivity contribution in [2.75, 3.05) is 4.72 Å². The number of anilines is 1. The van der Waals surface area contributed by atoms with Gasteiger partial charge in [-0.05, 0) is 79.9 Å². The summed E-state index contributed by atoms with van der Waals surface area (Å²) in [6, 6.07) is 16.5. The Balaban J connectivity index is 1.77. The third kappa shape index (κ3) is 5.04. The van der Waals surface area contributed by atoms with E-state index in [4.69, 9.17) is 0 Å². The first kappa shape index (κ1) is 21.5. The van der Waals surface area contributed by atoms with Crippen LogP contribution in [0.5, 0.6) is 0 Å². The molecule has 0 spiro atoms. The van der Waals surface area contributed by atoms with Gasteiger partial charge in [-0.3, -0.25) is 9.52 Å². The summed E-state index contributed by atoms with van der Waals surface area (Å²) in [6.45, 7) is 5.91. The molecule has 3 aromatic carbocycles. The Hall–Kier alpha value is -3.19. The Morgan fingerprint density at radius 3 is 2.30 bits per heavy atom. The molecule has 2 N–H and O–H groups in total. The average Bonchev–Trinajstić information content (AvgIpc) is 2.71. The highest BCUT2D eigenvalue weighted by atomic mass is 32.2. The van der Waals surface area contributed by atoms with Crippen molar-refractivity contribution in [1.82, 2.24) is 5.32 Å². The van der Waals surface area contributed by atoms with Gasteiger partial charge in [-0.15, -0.1) is 0 Å². The molecule has 30 heavy (non-hydrogen) atoms. The van der Waals surface area contributed by atoms with E-state index < -0.39 is 15.8 Å². The lowest BCUT2D eigenvalue weighted by Gasteiger charge is -2.16. The van der Waals surface area contributed by atoms with Crippen LogP contribution in [0.4, 0.5) is 10.1 Å². The summed E-state index contributed by atoms with van der Waals surface area (Å²) in [5.74, 6) is -0.839. The number of aryl methyl sites for hydroxylation is 2. The number of rotatable bonds is 6. The molecule has 0 radical (unpaired) electrons. The predicted octanol–water partition coefficient (Wildman–Crippen LogP) is 4.73. The number of carbonyl (C=O) groups is 1. The second-order valence-electron chi connectivity index (χ2n) is 7.18. The van der Waals surface area contributed by atoms with Crippen LogP contribution in [0.15, 0.2) is 71.6 Å². The Morgan fingerprint density at radius 2 is 1.63 bits per heavy atom. The van der Waals surface area contributed by atoms with Crippen molar-refractivity contribution in [3.8, 4) is 0 Å². The highest BCUT2D eigenvalue weighted by molar-refractivity contribution is 7.92. The van der Waals surface area contributed by atoms with E-state index in [0.717, 1.165) is 23.3 Å². The van der Waals surface area contributed by atoms with Crippen LogP contribution in [0.1, 0.15) is 40.0 Å². The summed E-state index contributed by atoms with van der Waals surface area (Å²) in [4.78, 5) is 12.6. The van der Waals surface area contributed by atoms with Gasteiger partial charge < -0.3 is 5.32 Å². The molecule has 0 fully saturated rings. The molecule has 5 nitrogen and oxygen atoms in total. The number of halogens is 1. The fourth-order valence-corrected chi connectivity index (χ4v) is 4.04. The Morgan fingerprint density at radius 1 is 0.933 bits per heavy atom. The van der Waals surface area contributed by atoms with E-state index in [9.17, 15) is 17.6 Å². The third-order valence-corrected chi connectivity index (χ3v) is 6.26. The molecule has 1 amide bonds. The molecular weight excluding hydrogens is 403 g/mol. The fourth-order valence-electron chi connectivity index (χ4n) is 2.93. The number of amides is 1. The molecular formula is C23H23FN2O3S. The summed E-state index contributed by atoms with van der Waals surface area (Å²) in [7, 11) is -3.93. The van der Waals surface area contributed by atoms with Gasteiger partial charge in [0.15, 0.2) is 0 Å². The van der Waals surface area contributed by atoms with E-state index in [1.54, 1.807) is 6.07 Å². The van der Waals surface area contributed by atoms with E-state index in [1.807, 2.05) is 39.0 Å². The largest absolute Gasteiger partial charge is 0.346 e. The Bertz CT molecular complexity index is 1180. The van der Waals surface area contributed by atoms with Crippen LogP contribution >= 0.6 is 0 Å². The van der Waals surface area contributed by atoms with Crippen LogP contribution in [0, 0.1) is 19.7 Å². The lowest BCUT2D eigenvalue weighted by molar-refractivity contribution is 0.0939. The predicted molar refractivity (Wildman–Crippen MR) is 115 cm³/mol. The van der Waals surface area contributed by atoms with Crippen LogP contribution < -0.4 is 10.0 Å². The zero-order valence-electron chi connectivity index (χ0n) is 16.9. The minimum atomic E-state index is -3.93. The van der Waals surface area contributed by atoms with Crippen molar-refractivity contribution in [3.05, 3.63) is 94.8 Å². The van der Waals surface area contributed by atoms with E-state index >= 15 is 0 Å². The van der Waals surface area contributed by atoms with E-state index in [2.05, 4.69) is 10.0 Å². The minimum Gasteiger partial charge on any atom is -0.346 e. The number of nitrogens with one attached hydrogen (secondary N) is 2. The third-order valence-electron chi connectivity index (χ3n) is 4.88. The molecule has 0 aromatic heterocycles.